The second-order valence-corrected chi connectivity index (χ2v) is 7.15. The van der Waals surface area contributed by atoms with Crippen LogP contribution in [0, 0.1) is 5.92 Å². The van der Waals surface area contributed by atoms with E-state index in [1.807, 2.05) is 12.1 Å². The van der Waals surface area contributed by atoms with Crippen molar-refractivity contribution in [2.45, 2.75) is 33.4 Å². The van der Waals surface area contributed by atoms with Crippen LogP contribution < -0.4 is 4.74 Å². The molecular formula is C23H24N2O. The van der Waals surface area contributed by atoms with E-state index in [4.69, 9.17) is 9.72 Å². The van der Waals surface area contributed by atoms with Gasteiger partial charge in [-0.1, -0.05) is 56.3 Å². The zero-order valence-electron chi connectivity index (χ0n) is 15.4. The Morgan fingerprint density at radius 2 is 1.69 bits per heavy atom. The average molecular weight is 344 g/mol. The van der Waals surface area contributed by atoms with E-state index in [0.29, 0.717) is 12.5 Å². The summed E-state index contributed by atoms with van der Waals surface area (Å²) in [4.78, 5) is 4.81. The fraction of sp³-hybridized carbons (Fsp3) is 0.261. The topological polar surface area (TPSA) is 27.1 Å². The van der Waals surface area contributed by atoms with Crippen LogP contribution in [0.5, 0.6) is 5.75 Å². The Balaban J connectivity index is 1.60. The van der Waals surface area contributed by atoms with E-state index >= 15 is 0 Å². The predicted octanol–water partition coefficient (Wildman–Crippen LogP) is 5.81. The lowest BCUT2D eigenvalue weighted by Crippen LogP contribution is -2.09. The molecule has 0 saturated carbocycles. The molecule has 4 rings (SSSR count). The molecule has 3 aromatic carbocycles. The molecule has 1 heterocycles. The van der Waals surface area contributed by atoms with E-state index in [1.165, 1.54) is 16.3 Å². The number of imidazole rings is 1. The molecule has 0 spiro atoms. The van der Waals surface area contributed by atoms with E-state index in [-0.39, 0.29) is 0 Å². The number of hydrogen-bond acceptors (Lipinski definition) is 2. The first-order chi connectivity index (χ1) is 12.7. The highest BCUT2D eigenvalue weighted by molar-refractivity contribution is 5.83. The Hall–Kier alpha value is -2.81. The Bertz CT molecular complexity index is 1030. The van der Waals surface area contributed by atoms with Gasteiger partial charge in [-0.25, -0.2) is 4.98 Å². The maximum atomic E-state index is 6.09. The molecule has 0 N–H and O–H groups in total. The molecule has 0 bridgehead atoms. The highest BCUT2D eigenvalue weighted by Gasteiger charge is 2.11. The first-order valence-electron chi connectivity index (χ1n) is 9.26. The summed E-state index contributed by atoms with van der Waals surface area (Å²) in [5.74, 6) is 2.52. The van der Waals surface area contributed by atoms with Crippen molar-refractivity contribution in [3.63, 3.8) is 0 Å². The molecule has 0 unspecified atom stereocenters. The number of nitrogens with zero attached hydrogens (tertiary/aromatic N) is 2. The Morgan fingerprint density at radius 3 is 2.54 bits per heavy atom. The lowest BCUT2D eigenvalue weighted by atomic mass is 10.1. The molecule has 3 heteroatoms. The predicted molar refractivity (Wildman–Crippen MR) is 107 cm³/mol. The molecular weight excluding hydrogens is 320 g/mol. The van der Waals surface area contributed by atoms with Crippen LogP contribution in [-0.4, -0.2) is 9.55 Å². The van der Waals surface area contributed by atoms with Crippen LogP contribution in [0.3, 0.4) is 0 Å². The summed E-state index contributed by atoms with van der Waals surface area (Å²) in [5.41, 5.74) is 2.22. The van der Waals surface area contributed by atoms with Crippen molar-refractivity contribution in [3.8, 4) is 5.75 Å². The second-order valence-electron chi connectivity index (χ2n) is 7.15. The fourth-order valence-electron chi connectivity index (χ4n) is 3.28. The van der Waals surface area contributed by atoms with E-state index in [0.717, 1.165) is 30.1 Å². The van der Waals surface area contributed by atoms with Gasteiger partial charge in [0.15, 0.2) is 0 Å². The third kappa shape index (κ3) is 3.43. The maximum absolute atomic E-state index is 6.09. The Kier molecular flexibility index (Phi) is 4.61. The SMILES string of the molecule is CC(C)CCn1c(COc2ccc3ccccc3c2)nc2ccccc21. The van der Waals surface area contributed by atoms with Gasteiger partial charge >= 0.3 is 0 Å². The number of aromatic nitrogens is 2. The summed E-state index contributed by atoms with van der Waals surface area (Å²) in [6.07, 6.45) is 1.13. The number of ether oxygens (including phenoxy) is 1. The number of aryl methyl sites for hydroxylation is 1. The molecule has 26 heavy (non-hydrogen) atoms. The fourth-order valence-corrected chi connectivity index (χ4v) is 3.28. The smallest absolute Gasteiger partial charge is 0.147 e. The van der Waals surface area contributed by atoms with Crippen molar-refractivity contribution in [1.82, 2.24) is 9.55 Å². The van der Waals surface area contributed by atoms with Crippen molar-refractivity contribution < 1.29 is 4.74 Å². The minimum absolute atomic E-state index is 0.477. The van der Waals surface area contributed by atoms with Gasteiger partial charge in [-0.3, -0.25) is 0 Å². The van der Waals surface area contributed by atoms with Crippen molar-refractivity contribution in [3.05, 3.63) is 72.6 Å². The van der Waals surface area contributed by atoms with Crippen molar-refractivity contribution in [1.29, 1.82) is 0 Å². The largest absolute Gasteiger partial charge is 0.486 e. The van der Waals surface area contributed by atoms with E-state index in [2.05, 4.69) is 73.0 Å². The van der Waals surface area contributed by atoms with Gasteiger partial charge in [0.1, 0.15) is 18.2 Å². The molecule has 0 aliphatic heterocycles. The van der Waals surface area contributed by atoms with E-state index < -0.39 is 0 Å². The summed E-state index contributed by atoms with van der Waals surface area (Å²) in [5, 5.41) is 2.42. The molecule has 0 aliphatic carbocycles. The van der Waals surface area contributed by atoms with E-state index in [1.54, 1.807) is 0 Å². The average Bonchev–Trinajstić information content (AvgIpc) is 3.02. The zero-order valence-corrected chi connectivity index (χ0v) is 15.4. The summed E-state index contributed by atoms with van der Waals surface area (Å²) in [7, 11) is 0. The van der Waals surface area contributed by atoms with Gasteiger partial charge in [0.25, 0.3) is 0 Å². The maximum Gasteiger partial charge on any atom is 0.147 e. The van der Waals surface area contributed by atoms with Gasteiger partial charge in [0.2, 0.25) is 0 Å². The standard InChI is InChI=1S/C23H24N2O/c1-17(2)13-14-25-22-10-6-5-9-21(22)24-23(25)16-26-20-12-11-18-7-3-4-8-19(18)15-20/h3-12,15,17H,13-14,16H2,1-2H3. The molecule has 4 aromatic rings. The molecule has 0 fully saturated rings. The van der Waals surface area contributed by atoms with Crippen LogP contribution in [0.25, 0.3) is 21.8 Å². The molecule has 3 nitrogen and oxygen atoms in total. The normalized spacial score (nSPS) is 11.5. The molecule has 0 radical (unpaired) electrons. The Labute approximate surface area is 154 Å². The van der Waals surface area contributed by atoms with Crippen LogP contribution in [0.4, 0.5) is 0 Å². The van der Waals surface area contributed by atoms with Gasteiger partial charge in [-0.2, -0.15) is 0 Å². The van der Waals surface area contributed by atoms with Gasteiger partial charge in [-0.15, -0.1) is 0 Å². The highest BCUT2D eigenvalue weighted by atomic mass is 16.5. The highest BCUT2D eigenvalue weighted by Crippen LogP contribution is 2.23. The first-order valence-corrected chi connectivity index (χ1v) is 9.26. The molecule has 132 valence electrons. The van der Waals surface area contributed by atoms with Crippen molar-refractivity contribution >= 4 is 21.8 Å². The monoisotopic (exact) mass is 344 g/mol. The third-order valence-electron chi connectivity index (χ3n) is 4.75. The van der Waals surface area contributed by atoms with Crippen LogP contribution in [0.15, 0.2) is 66.7 Å². The van der Waals surface area contributed by atoms with Crippen LogP contribution in [0.2, 0.25) is 0 Å². The lowest BCUT2D eigenvalue weighted by molar-refractivity contribution is 0.289. The van der Waals surface area contributed by atoms with Crippen molar-refractivity contribution in [2.24, 2.45) is 5.92 Å². The second kappa shape index (κ2) is 7.20. The number of rotatable bonds is 6. The van der Waals surface area contributed by atoms with Gasteiger partial charge in [0, 0.05) is 6.54 Å². The minimum atomic E-state index is 0.477. The molecule has 0 aliphatic rings. The summed E-state index contributed by atoms with van der Waals surface area (Å²) in [6.45, 7) is 5.95. The van der Waals surface area contributed by atoms with Gasteiger partial charge in [-0.05, 0) is 47.4 Å². The number of hydrogen-bond donors (Lipinski definition) is 0. The third-order valence-corrected chi connectivity index (χ3v) is 4.75. The number of para-hydroxylation sites is 2. The summed E-state index contributed by atoms with van der Waals surface area (Å²) in [6, 6.07) is 22.9. The molecule has 0 amide bonds. The van der Waals surface area contributed by atoms with E-state index in [9.17, 15) is 0 Å². The lowest BCUT2D eigenvalue weighted by Gasteiger charge is -2.12. The summed E-state index contributed by atoms with van der Waals surface area (Å²) >= 11 is 0. The van der Waals surface area contributed by atoms with Crippen molar-refractivity contribution in [2.75, 3.05) is 0 Å². The zero-order chi connectivity index (χ0) is 17.9. The van der Waals surface area contributed by atoms with Crippen LogP contribution in [-0.2, 0) is 13.2 Å². The van der Waals surface area contributed by atoms with Gasteiger partial charge < -0.3 is 9.30 Å². The number of fused-ring (bicyclic) bond motifs is 2. The molecule has 0 atom stereocenters. The van der Waals surface area contributed by atoms with Crippen LogP contribution in [0.1, 0.15) is 26.1 Å². The van der Waals surface area contributed by atoms with Crippen LogP contribution >= 0.6 is 0 Å². The van der Waals surface area contributed by atoms with Gasteiger partial charge in [0.05, 0.1) is 11.0 Å². The molecule has 0 saturated heterocycles. The first kappa shape index (κ1) is 16.6. The minimum Gasteiger partial charge on any atom is -0.486 e. The Morgan fingerprint density at radius 1 is 0.923 bits per heavy atom. The molecule has 1 aromatic heterocycles. The quantitative estimate of drug-likeness (QED) is 0.441. The summed E-state index contributed by atoms with van der Waals surface area (Å²) < 4.78 is 8.40. The number of benzene rings is 3.